The van der Waals surface area contributed by atoms with Gasteiger partial charge >= 0.3 is 5.97 Å². The summed E-state index contributed by atoms with van der Waals surface area (Å²) in [6.07, 6.45) is 0.968. The number of carbonyl (C=O) groups is 3. The largest absolute Gasteiger partial charge is 0.466 e. The number of ether oxygens (including phenoxy) is 1. The summed E-state index contributed by atoms with van der Waals surface area (Å²) in [5.41, 5.74) is 0. The van der Waals surface area contributed by atoms with Gasteiger partial charge in [-0.1, -0.05) is 6.92 Å². The van der Waals surface area contributed by atoms with E-state index in [1.165, 1.54) is 4.90 Å². The molecule has 6 nitrogen and oxygen atoms in total. The van der Waals surface area contributed by atoms with Crippen molar-refractivity contribution in [2.45, 2.75) is 33.1 Å². The Morgan fingerprint density at radius 3 is 2.39 bits per heavy atom. The third kappa shape index (κ3) is 7.65. The predicted molar refractivity (Wildman–Crippen MR) is 66.8 cm³/mol. The van der Waals surface area contributed by atoms with Crippen LogP contribution in [0.15, 0.2) is 0 Å². The van der Waals surface area contributed by atoms with Crippen molar-refractivity contribution in [1.29, 1.82) is 0 Å². The standard InChI is InChI=1S/C12H22N2O4/c1-4-8-13-10(15)9-14(3)11(16)6-7-12(17)18-5-2/h4-9H2,1-3H3,(H,13,15). The smallest absolute Gasteiger partial charge is 0.306 e. The van der Waals surface area contributed by atoms with Crippen LogP contribution in [-0.4, -0.2) is 49.4 Å². The van der Waals surface area contributed by atoms with Crippen molar-refractivity contribution in [3.63, 3.8) is 0 Å². The molecule has 0 heterocycles. The molecule has 0 aliphatic rings. The van der Waals surface area contributed by atoms with Crippen molar-refractivity contribution in [2.75, 3.05) is 26.7 Å². The topological polar surface area (TPSA) is 75.7 Å². The van der Waals surface area contributed by atoms with E-state index in [-0.39, 0.29) is 31.2 Å². The molecule has 0 aromatic rings. The van der Waals surface area contributed by atoms with Gasteiger partial charge in [-0.2, -0.15) is 0 Å². The van der Waals surface area contributed by atoms with Crippen LogP contribution in [0.4, 0.5) is 0 Å². The van der Waals surface area contributed by atoms with E-state index in [0.29, 0.717) is 13.2 Å². The van der Waals surface area contributed by atoms with Gasteiger partial charge in [0, 0.05) is 20.0 Å². The second-order valence-electron chi connectivity index (χ2n) is 3.90. The van der Waals surface area contributed by atoms with Crippen LogP contribution >= 0.6 is 0 Å². The quantitative estimate of drug-likeness (QED) is 0.636. The van der Waals surface area contributed by atoms with E-state index in [1.807, 2.05) is 6.92 Å². The average molecular weight is 258 g/mol. The van der Waals surface area contributed by atoms with Crippen molar-refractivity contribution in [1.82, 2.24) is 10.2 Å². The van der Waals surface area contributed by atoms with E-state index in [2.05, 4.69) is 5.32 Å². The fourth-order valence-electron chi connectivity index (χ4n) is 1.26. The molecule has 0 saturated carbocycles. The van der Waals surface area contributed by atoms with Crippen molar-refractivity contribution < 1.29 is 19.1 Å². The summed E-state index contributed by atoms with van der Waals surface area (Å²) >= 11 is 0. The highest BCUT2D eigenvalue weighted by Crippen LogP contribution is 1.97. The van der Waals surface area contributed by atoms with E-state index in [4.69, 9.17) is 4.74 Å². The van der Waals surface area contributed by atoms with Gasteiger partial charge in [-0.3, -0.25) is 14.4 Å². The number of nitrogens with zero attached hydrogens (tertiary/aromatic N) is 1. The van der Waals surface area contributed by atoms with Crippen molar-refractivity contribution in [2.24, 2.45) is 0 Å². The first-order valence-electron chi connectivity index (χ1n) is 6.17. The lowest BCUT2D eigenvalue weighted by Crippen LogP contribution is -2.38. The summed E-state index contributed by atoms with van der Waals surface area (Å²) in [6, 6.07) is 0. The molecule has 2 amide bonds. The lowest BCUT2D eigenvalue weighted by Gasteiger charge is -2.16. The maximum Gasteiger partial charge on any atom is 0.306 e. The van der Waals surface area contributed by atoms with Gasteiger partial charge in [0.15, 0.2) is 0 Å². The molecule has 0 spiro atoms. The SMILES string of the molecule is CCCNC(=O)CN(C)C(=O)CCC(=O)OCC. The van der Waals surface area contributed by atoms with Crippen LogP contribution in [0.1, 0.15) is 33.1 Å². The zero-order chi connectivity index (χ0) is 14.0. The Labute approximate surface area is 108 Å². The number of hydrogen-bond acceptors (Lipinski definition) is 4. The summed E-state index contributed by atoms with van der Waals surface area (Å²) in [5.74, 6) is -0.826. The second kappa shape index (κ2) is 9.44. The minimum Gasteiger partial charge on any atom is -0.466 e. The van der Waals surface area contributed by atoms with Crippen LogP contribution in [-0.2, 0) is 19.1 Å². The predicted octanol–water partition coefficient (Wildman–Crippen LogP) is 0.314. The van der Waals surface area contributed by atoms with E-state index in [0.717, 1.165) is 6.42 Å². The zero-order valence-electron chi connectivity index (χ0n) is 11.3. The number of hydrogen-bond donors (Lipinski definition) is 1. The molecule has 0 fully saturated rings. The van der Waals surface area contributed by atoms with Crippen LogP contribution in [0.3, 0.4) is 0 Å². The molecule has 104 valence electrons. The van der Waals surface area contributed by atoms with E-state index in [9.17, 15) is 14.4 Å². The molecule has 0 rings (SSSR count). The molecule has 18 heavy (non-hydrogen) atoms. The van der Waals surface area contributed by atoms with E-state index >= 15 is 0 Å². The molecule has 0 radical (unpaired) electrons. The van der Waals surface area contributed by atoms with E-state index < -0.39 is 5.97 Å². The van der Waals surface area contributed by atoms with Gasteiger partial charge in [0.1, 0.15) is 0 Å². The van der Waals surface area contributed by atoms with Crippen molar-refractivity contribution >= 4 is 17.8 Å². The highest BCUT2D eigenvalue weighted by Gasteiger charge is 2.14. The third-order valence-electron chi connectivity index (χ3n) is 2.23. The molecule has 0 unspecified atom stereocenters. The van der Waals surface area contributed by atoms with E-state index in [1.54, 1.807) is 14.0 Å². The van der Waals surface area contributed by atoms with Gasteiger partial charge < -0.3 is 15.0 Å². The Balaban J connectivity index is 3.88. The summed E-state index contributed by atoms with van der Waals surface area (Å²) in [7, 11) is 1.54. The normalized spacial score (nSPS) is 9.72. The Morgan fingerprint density at radius 1 is 1.17 bits per heavy atom. The van der Waals surface area contributed by atoms with Gasteiger partial charge in [0.2, 0.25) is 11.8 Å². The van der Waals surface area contributed by atoms with Crippen molar-refractivity contribution in [3.8, 4) is 0 Å². The maximum absolute atomic E-state index is 11.6. The fraction of sp³-hybridized carbons (Fsp3) is 0.750. The number of nitrogens with one attached hydrogen (secondary N) is 1. The molecule has 0 bridgehead atoms. The number of amides is 2. The average Bonchev–Trinajstić information content (AvgIpc) is 2.33. The third-order valence-corrected chi connectivity index (χ3v) is 2.23. The minimum absolute atomic E-state index is 0.0155. The molecule has 0 aliphatic carbocycles. The number of esters is 1. The van der Waals surface area contributed by atoms with Crippen molar-refractivity contribution in [3.05, 3.63) is 0 Å². The molecule has 0 saturated heterocycles. The summed E-state index contributed by atoms with van der Waals surface area (Å²) < 4.78 is 4.72. The molecular formula is C12H22N2O4. The van der Waals surface area contributed by atoms with Crippen LogP contribution < -0.4 is 5.32 Å². The molecule has 1 N–H and O–H groups in total. The van der Waals surface area contributed by atoms with Gasteiger partial charge in [0.05, 0.1) is 19.6 Å². The van der Waals surface area contributed by atoms with Crippen LogP contribution in [0.2, 0.25) is 0 Å². The number of rotatable bonds is 8. The Kier molecular flexibility index (Phi) is 8.61. The molecular weight excluding hydrogens is 236 g/mol. The molecule has 0 aromatic heterocycles. The second-order valence-corrected chi connectivity index (χ2v) is 3.90. The number of carbonyl (C=O) groups excluding carboxylic acids is 3. The van der Waals surface area contributed by atoms with Gasteiger partial charge in [0.25, 0.3) is 0 Å². The zero-order valence-corrected chi connectivity index (χ0v) is 11.3. The van der Waals surface area contributed by atoms with Crippen LogP contribution in [0.25, 0.3) is 0 Å². The Hall–Kier alpha value is -1.59. The molecule has 0 atom stereocenters. The Morgan fingerprint density at radius 2 is 1.83 bits per heavy atom. The van der Waals surface area contributed by atoms with Crippen LogP contribution in [0.5, 0.6) is 0 Å². The molecule has 0 aromatic carbocycles. The minimum atomic E-state index is -0.394. The van der Waals surface area contributed by atoms with Gasteiger partial charge in [-0.25, -0.2) is 0 Å². The first kappa shape index (κ1) is 16.4. The fourth-order valence-corrected chi connectivity index (χ4v) is 1.26. The van der Waals surface area contributed by atoms with Gasteiger partial charge in [-0.05, 0) is 13.3 Å². The van der Waals surface area contributed by atoms with Gasteiger partial charge in [-0.15, -0.1) is 0 Å². The highest BCUT2D eigenvalue weighted by molar-refractivity contribution is 5.86. The Bertz CT molecular complexity index is 292. The summed E-state index contributed by atoms with van der Waals surface area (Å²) in [6.45, 7) is 4.59. The highest BCUT2D eigenvalue weighted by atomic mass is 16.5. The summed E-state index contributed by atoms with van der Waals surface area (Å²) in [4.78, 5) is 35.3. The van der Waals surface area contributed by atoms with Crippen LogP contribution in [0, 0.1) is 0 Å². The first-order chi connectivity index (χ1) is 8.51. The lowest BCUT2D eigenvalue weighted by molar-refractivity contribution is -0.145. The first-order valence-corrected chi connectivity index (χ1v) is 6.17. The number of likely N-dealkylation sites (N-methyl/N-ethyl adjacent to an activating group) is 1. The molecule has 0 aliphatic heterocycles. The maximum atomic E-state index is 11.6. The summed E-state index contributed by atoms with van der Waals surface area (Å²) in [5, 5.41) is 2.68. The lowest BCUT2D eigenvalue weighted by atomic mass is 10.3. The monoisotopic (exact) mass is 258 g/mol. The molecule has 6 heteroatoms.